The standard InChI is InChI=1S/C50H85N15O15/c1-26(2)25-34(62-41(71)29-12-7-21-55-29)47(77)65-24-10-15-36(65)48(78)64-23-9-14-35(64)45(75)60-32(17-19-38(68)69)44(74)59-31(16-18-37(52)67)43(73)58-30(11-5-6-20-51)42(72)57-27(3)40(70)63-39(28(4)66)46(76)61-33(49(79)80)13-8-22-56-50(53)54/h26-36,39,55,66H,5-25,51H2,1-4H3,(H2,52,67)(H,57,72)(H,58,73)(H,59,74)(H,60,75)(H,61,76)(H,62,71)(H,63,70)(H,68,69)(H,79,80)(H4,53,54,56)/t27-,28+,29-,30-,31-,32-,33-,34-,35-,36-,39-/m0/s1. The van der Waals surface area contributed by atoms with Crippen molar-refractivity contribution in [3.63, 3.8) is 0 Å². The molecule has 0 saturated carbocycles. The van der Waals surface area contributed by atoms with Crippen LogP contribution in [-0.4, -0.2) is 201 Å². The number of nitrogens with zero attached hydrogens (tertiary/aromatic N) is 3. The Balaban J connectivity index is 1.78. The number of rotatable bonds is 34. The van der Waals surface area contributed by atoms with E-state index in [1.54, 1.807) is 0 Å². The maximum absolute atomic E-state index is 14.3. The Labute approximate surface area is 464 Å². The minimum atomic E-state index is -1.70. The predicted molar refractivity (Wildman–Crippen MR) is 287 cm³/mol. The van der Waals surface area contributed by atoms with Crippen molar-refractivity contribution in [3.05, 3.63) is 0 Å². The SMILES string of the molecule is CC(C)C[C@H](NC(=O)[C@@H]1CCCN1)C(=O)N1CCC[C@H]1C(=O)N1CCC[C@H]1C(=O)N[C@@H](CCC(=O)O)C(=O)N[C@@H](CCC(N)=O)C(=O)N[C@@H](CCCCN)C(=O)N[C@@H](C)C(=O)N[C@H](C(=O)N[C@@H](CCCN=C(N)N)C(=O)O)[C@@H](C)O. The van der Waals surface area contributed by atoms with Crippen LogP contribution in [-0.2, 0) is 57.5 Å². The van der Waals surface area contributed by atoms with Crippen molar-refractivity contribution < 1.29 is 72.9 Å². The van der Waals surface area contributed by atoms with Crippen LogP contribution in [0, 0.1) is 5.92 Å². The van der Waals surface area contributed by atoms with Gasteiger partial charge in [0.2, 0.25) is 59.1 Å². The first kappa shape index (κ1) is 67.1. The molecule has 3 rings (SSSR count). The Kier molecular flexibility index (Phi) is 28.0. The number of hydrogen-bond acceptors (Lipinski definition) is 16. The molecule has 450 valence electrons. The average molecular weight is 1140 g/mol. The molecule has 19 N–H and O–H groups in total. The number of carboxylic acid groups (broad SMARTS) is 2. The molecule has 0 aromatic carbocycles. The van der Waals surface area contributed by atoms with Crippen LogP contribution in [0.5, 0.6) is 0 Å². The largest absolute Gasteiger partial charge is 0.481 e. The molecule has 0 spiro atoms. The highest BCUT2D eigenvalue weighted by molar-refractivity contribution is 5.99. The topological polar surface area (TPSA) is 485 Å². The molecule has 3 heterocycles. The molecular weight excluding hydrogens is 1050 g/mol. The van der Waals surface area contributed by atoms with Gasteiger partial charge in [0, 0.05) is 32.5 Å². The second-order valence-corrected chi connectivity index (χ2v) is 20.9. The summed E-state index contributed by atoms with van der Waals surface area (Å²) in [6, 6.07) is -12.7. The summed E-state index contributed by atoms with van der Waals surface area (Å²) in [7, 11) is 0. The number of aliphatic carboxylic acids is 2. The van der Waals surface area contributed by atoms with Gasteiger partial charge >= 0.3 is 11.9 Å². The van der Waals surface area contributed by atoms with Crippen molar-refractivity contribution in [2.24, 2.45) is 33.8 Å². The van der Waals surface area contributed by atoms with E-state index in [0.717, 1.165) is 13.3 Å². The summed E-state index contributed by atoms with van der Waals surface area (Å²) in [4.78, 5) is 167. The number of aliphatic hydroxyl groups is 1. The number of likely N-dealkylation sites (tertiary alicyclic amines) is 2. The van der Waals surface area contributed by atoms with Crippen LogP contribution >= 0.6 is 0 Å². The lowest BCUT2D eigenvalue weighted by atomic mass is 10.0. The van der Waals surface area contributed by atoms with E-state index in [9.17, 15) is 72.9 Å². The summed E-state index contributed by atoms with van der Waals surface area (Å²) in [5.41, 5.74) is 21.7. The molecule has 11 atom stereocenters. The molecule has 0 bridgehead atoms. The van der Waals surface area contributed by atoms with E-state index >= 15 is 0 Å². The lowest BCUT2D eigenvalue weighted by molar-refractivity contribution is -0.148. The van der Waals surface area contributed by atoms with Crippen LogP contribution in [0.3, 0.4) is 0 Å². The Morgan fingerprint density at radius 2 is 1.16 bits per heavy atom. The van der Waals surface area contributed by atoms with Crippen LogP contribution in [0.25, 0.3) is 0 Å². The molecule has 0 unspecified atom stereocenters. The van der Waals surface area contributed by atoms with E-state index < -0.39 is 157 Å². The highest BCUT2D eigenvalue weighted by Crippen LogP contribution is 2.27. The van der Waals surface area contributed by atoms with Gasteiger partial charge in [0.05, 0.1) is 12.1 Å². The molecule has 0 aliphatic carbocycles. The molecule has 0 aromatic rings. The summed E-state index contributed by atoms with van der Waals surface area (Å²) >= 11 is 0. The van der Waals surface area contributed by atoms with Crippen LogP contribution in [0.15, 0.2) is 4.99 Å². The van der Waals surface area contributed by atoms with E-state index in [0.29, 0.717) is 38.6 Å². The molecule has 30 heteroatoms. The molecule has 3 aliphatic rings. The van der Waals surface area contributed by atoms with Gasteiger partial charge in [-0.15, -0.1) is 0 Å². The maximum atomic E-state index is 14.3. The van der Waals surface area contributed by atoms with Crippen molar-refractivity contribution in [3.8, 4) is 0 Å². The lowest BCUT2D eigenvalue weighted by Crippen LogP contribution is -2.60. The van der Waals surface area contributed by atoms with Gasteiger partial charge < -0.3 is 90.6 Å². The fourth-order valence-electron chi connectivity index (χ4n) is 9.61. The molecule has 0 aromatic heterocycles. The summed E-state index contributed by atoms with van der Waals surface area (Å²) in [5, 5.41) is 50.2. The quantitative estimate of drug-likeness (QED) is 0.0163. The van der Waals surface area contributed by atoms with Gasteiger partial charge in [-0.2, -0.15) is 0 Å². The predicted octanol–water partition coefficient (Wildman–Crippen LogP) is -5.04. The van der Waals surface area contributed by atoms with Gasteiger partial charge in [-0.1, -0.05) is 13.8 Å². The van der Waals surface area contributed by atoms with Crippen molar-refractivity contribution >= 4 is 77.0 Å². The number of guanidine groups is 1. The monoisotopic (exact) mass is 1140 g/mol. The summed E-state index contributed by atoms with van der Waals surface area (Å²) < 4.78 is 0. The Bertz CT molecular complexity index is 2220. The van der Waals surface area contributed by atoms with Crippen molar-refractivity contribution in [1.29, 1.82) is 0 Å². The Morgan fingerprint density at radius 1 is 0.600 bits per heavy atom. The van der Waals surface area contributed by atoms with Crippen LogP contribution in [0.1, 0.15) is 130 Å². The fourth-order valence-corrected chi connectivity index (χ4v) is 9.61. The molecule has 0 radical (unpaired) electrons. The molecular formula is C50H85N15O15. The van der Waals surface area contributed by atoms with E-state index in [4.69, 9.17) is 22.9 Å². The van der Waals surface area contributed by atoms with Crippen molar-refractivity contribution in [2.75, 3.05) is 32.7 Å². The van der Waals surface area contributed by atoms with Gasteiger partial charge in [0.15, 0.2) is 5.96 Å². The number of primary amides is 1. The van der Waals surface area contributed by atoms with E-state index in [2.05, 4.69) is 47.5 Å². The van der Waals surface area contributed by atoms with Gasteiger partial charge in [-0.05, 0) is 123 Å². The number of amides is 10. The second-order valence-electron chi connectivity index (χ2n) is 20.9. The zero-order valence-corrected chi connectivity index (χ0v) is 46.2. The fraction of sp³-hybridized carbons (Fsp3) is 0.740. The zero-order chi connectivity index (χ0) is 59.8. The minimum Gasteiger partial charge on any atom is -0.481 e. The zero-order valence-electron chi connectivity index (χ0n) is 46.2. The minimum absolute atomic E-state index is 0.0165. The number of nitrogens with two attached hydrogens (primary N) is 4. The van der Waals surface area contributed by atoms with Crippen molar-refractivity contribution in [2.45, 2.75) is 197 Å². The van der Waals surface area contributed by atoms with Crippen molar-refractivity contribution in [1.82, 2.24) is 52.3 Å². The van der Waals surface area contributed by atoms with Gasteiger partial charge in [-0.3, -0.25) is 57.7 Å². The second kappa shape index (κ2) is 33.4. The molecule has 80 heavy (non-hydrogen) atoms. The summed E-state index contributed by atoms with van der Waals surface area (Å²) in [6.07, 6.45) is 0.0156. The number of carbonyl (C=O) groups is 12. The first-order valence-electron chi connectivity index (χ1n) is 27.4. The highest BCUT2D eigenvalue weighted by Gasteiger charge is 2.45. The van der Waals surface area contributed by atoms with Gasteiger partial charge in [0.25, 0.3) is 0 Å². The molecule has 10 amide bonds. The van der Waals surface area contributed by atoms with Crippen LogP contribution in [0.4, 0.5) is 0 Å². The third-order valence-electron chi connectivity index (χ3n) is 13.9. The van der Waals surface area contributed by atoms with E-state index in [1.807, 2.05) is 13.8 Å². The number of aliphatic hydroxyl groups excluding tert-OH is 1. The van der Waals surface area contributed by atoms with Crippen LogP contribution < -0.4 is 65.5 Å². The molecule has 30 nitrogen and oxygen atoms in total. The van der Waals surface area contributed by atoms with E-state index in [1.165, 1.54) is 16.7 Å². The first-order valence-corrected chi connectivity index (χ1v) is 27.4. The van der Waals surface area contributed by atoms with Crippen LogP contribution in [0.2, 0.25) is 0 Å². The molecule has 3 saturated heterocycles. The number of nitrogens with one attached hydrogen (secondary N) is 8. The lowest BCUT2D eigenvalue weighted by Gasteiger charge is -2.34. The number of hydrogen-bond donors (Lipinski definition) is 15. The Hall–Kier alpha value is -7.21. The maximum Gasteiger partial charge on any atom is 0.326 e. The number of carbonyl (C=O) groups excluding carboxylic acids is 10. The number of carboxylic acids is 2. The molecule has 3 aliphatic heterocycles. The third-order valence-corrected chi connectivity index (χ3v) is 13.9. The number of unbranched alkanes of at least 4 members (excludes halogenated alkanes) is 1. The third kappa shape index (κ3) is 21.8. The highest BCUT2D eigenvalue weighted by atomic mass is 16.4. The first-order chi connectivity index (χ1) is 37.7. The Morgan fingerprint density at radius 3 is 1.73 bits per heavy atom. The smallest absolute Gasteiger partial charge is 0.326 e. The van der Waals surface area contributed by atoms with Gasteiger partial charge in [-0.25, -0.2) is 4.79 Å². The summed E-state index contributed by atoms with van der Waals surface area (Å²) in [6.45, 7) is 7.49. The van der Waals surface area contributed by atoms with E-state index in [-0.39, 0.29) is 82.5 Å². The average Bonchev–Trinajstić information content (AvgIpc) is 4.21. The normalized spacial score (nSPS) is 19.9. The molecule has 3 fully saturated rings. The van der Waals surface area contributed by atoms with Gasteiger partial charge in [0.1, 0.15) is 54.4 Å². The number of aliphatic imine (C=N–C) groups is 1. The summed E-state index contributed by atoms with van der Waals surface area (Å²) in [5.74, 6) is -11.0.